The van der Waals surface area contributed by atoms with Crippen molar-refractivity contribution in [3.63, 3.8) is 0 Å². The van der Waals surface area contributed by atoms with E-state index in [0.29, 0.717) is 12.1 Å². The Kier molecular flexibility index (Phi) is 4.85. The predicted molar refractivity (Wildman–Crippen MR) is 70.1 cm³/mol. The van der Waals surface area contributed by atoms with Crippen molar-refractivity contribution in [2.24, 2.45) is 5.73 Å². The van der Waals surface area contributed by atoms with E-state index in [4.69, 9.17) is 5.73 Å². The lowest BCUT2D eigenvalue weighted by atomic mass is 10.1. The molecule has 0 aliphatic heterocycles. The Labute approximate surface area is 107 Å². The number of nitrogens with one attached hydrogen (secondary N) is 2. The fourth-order valence-corrected chi connectivity index (χ4v) is 1.32. The van der Waals surface area contributed by atoms with E-state index in [1.165, 1.54) is 0 Å². The number of hydrogen-bond donors (Lipinski definition) is 3. The number of carbonyl (C=O) groups excluding carboxylic acids is 2. The lowest BCUT2D eigenvalue weighted by Crippen LogP contribution is -2.51. The minimum atomic E-state index is -0.464. The van der Waals surface area contributed by atoms with Crippen LogP contribution in [0.3, 0.4) is 0 Å². The molecule has 5 heteroatoms. The van der Waals surface area contributed by atoms with Gasteiger partial charge in [-0.2, -0.15) is 0 Å². The van der Waals surface area contributed by atoms with E-state index in [0.717, 1.165) is 0 Å². The standard InChI is InChI=1S/C13H19N3O2/c1-13(2,9-14)16-11(17)8-15-12(18)10-6-4-3-5-7-10/h3-7H,8-9,14H2,1-2H3,(H,15,18)(H,16,17). The van der Waals surface area contributed by atoms with Gasteiger partial charge < -0.3 is 16.4 Å². The molecule has 0 aliphatic rings. The van der Waals surface area contributed by atoms with Gasteiger partial charge >= 0.3 is 0 Å². The summed E-state index contributed by atoms with van der Waals surface area (Å²) in [5.41, 5.74) is 5.57. The van der Waals surface area contributed by atoms with Gasteiger partial charge in [-0.15, -0.1) is 0 Å². The first-order valence-electron chi connectivity index (χ1n) is 5.79. The van der Waals surface area contributed by atoms with Crippen LogP contribution in [0.5, 0.6) is 0 Å². The second-order valence-electron chi connectivity index (χ2n) is 4.68. The molecule has 0 saturated heterocycles. The summed E-state index contributed by atoms with van der Waals surface area (Å²) < 4.78 is 0. The quantitative estimate of drug-likeness (QED) is 0.700. The molecule has 0 spiro atoms. The van der Waals surface area contributed by atoms with E-state index in [-0.39, 0.29) is 18.4 Å². The predicted octanol–water partition coefficient (Wildman–Crippen LogP) is 0.270. The molecule has 2 amide bonds. The number of amides is 2. The van der Waals surface area contributed by atoms with E-state index in [1.54, 1.807) is 24.3 Å². The lowest BCUT2D eigenvalue weighted by molar-refractivity contribution is -0.121. The molecule has 1 rings (SSSR count). The Morgan fingerprint density at radius 2 is 1.83 bits per heavy atom. The van der Waals surface area contributed by atoms with Crippen LogP contribution in [0, 0.1) is 0 Å². The van der Waals surface area contributed by atoms with Crippen molar-refractivity contribution < 1.29 is 9.59 Å². The molecule has 5 nitrogen and oxygen atoms in total. The van der Waals surface area contributed by atoms with Crippen LogP contribution >= 0.6 is 0 Å². The summed E-state index contributed by atoms with van der Waals surface area (Å²) in [6.07, 6.45) is 0. The molecule has 0 saturated carbocycles. The number of benzene rings is 1. The van der Waals surface area contributed by atoms with Crippen molar-refractivity contribution in [1.29, 1.82) is 0 Å². The van der Waals surface area contributed by atoms with Crippen LogP contribution in [0.2, 0.25) is 0 Å². The van der Waals surface area contributed by atoms with Crippen LogP contribution < -0.4 is 16.4 Å². The minimum absolute atomic E-state index is 0.0584. The van der Waals surface area contributed by atoms with E-state index < -0.39 is 5.54 Å². The molecule has 0 bridgehead atoms. The highest BCUT2D eigenvalue weighted by Crippen LogP contribution is 1.99. The second-order valence-corrected chi connectivity index (χ2v) is 4.68. The molecule has 0 aromatic heterocycles. The fraction of sp³-hybridized carbons (Fsp3) is 0.385. The largest absolute Gasteiger partial charge is 0.348 e. The topological polar surface area (TPSA) is 84.2 Å². The molecule has 0 atom stereocenters. The van der Waals surface area contributed by atoms with Crippen molar-refractivity contribution in [1.82, 2.24) is 10.6 Å². The van der Waals surface area contributed by atoms with Gasteiger partial charge in [0.2, 0.25) is 5.91 Å². The molecule has 4 N–H and O–H groups in total. The van der Waals surface area contributed by atoms with Gasteiger partial charge in [0.05, 0.1) is 6.54 Å². The molecule has 98 valence electrons. The van der Waals surface area contributed by atoms with Crippen molar-refractivity contribution in [3.8, 4) is 0 Å². The van der Waals surface area contributed by atoms with E-state index in [2.05, 4.69) is 10.6 Å². The van der Waals surface area contributed by atoms with Gasteiger partial charge in [0.15, 0.2) is 0 Å². The van der Waals surface area contributed by atoms with Gasteiger partial charge in [-0.05, 0) is 26.0 Å². The zero-order valence-corrected chi connectivity index (χ0v) is 10.7. The molecule has 0 aliphatic carbocycles. The summed E-state index contributed by atoms with van der Waals surface area (Å²) in [5, 5.41) is 5.29. The van der Waals surface area contributed by atoms with Gasteiger partial charge in [-0.3, -0.25) is 9.59 Å². The first kappa shape index (κ1) is 14.2. The average molecular weight is 249 g/mol. The van der Waals surface area contributed by atoms with Crippen molar-refractivity contribution >= 4 is 11.8 Å². The van der Waals surface area contributed by atoms with Gasteiger partial charge in [0, 0.05) is 17.6 Å². The van der Waals surface area contributed by atoms with Gasteiger partial charge in [-0.25, -0.2) is 0 Å². The molecule has 0 radical (unpaired) electrons. The third kappa shape index (κ3) is 4.55. The molecule has 1 aromatic carbocycles. The molecule has 18 heavy (non-hydrogen) atoms. The fourth-order valence-electron chi connectivity index (χ4n) is 1.32. The second kappa shape index (κ2) is 6.16. The Morgan fingerprint density at radius 1 is 1.22 bits per heavy atom. The van der Waals surface area contributed by atoms with E-state index in [9.17, 15) is 9.59 Å². The molecule has 0 unspecified atom stereocenters. The summed E-state index contributed by atoms with van der Waals surface area (Å²) in [4.78, 5) is 23.2. The Balaban J connectivity index is 2.42. The third-order valence-electron chi connectivity index (χ3n) is 2.43. The highest BCUT2D eigenvalue weighted by molar-refractivity contribution is 5.96. The molecular weight excluding hydrogens is 230 g/mol. The van der Waals surface area contributed by atoms with E-state index in [1.807, 2.05) is 19.9 Å². The summed E-state index contributed by atoms with van der Waals surface area (Å²) >= 11 is 0. The van der Waals surface area contributed by atoms with Crippen LogP contribution in [0.1, 0.15) is 24.2 Å². The minimum Gasteiger partial charge on any atom is -0.348 e. The molecule has 1 aromatic rings. The lowest BCUT2D eigenvalue weighted by Gasteiger charge is -2.24. The Hall–Kier alpha value is -1.88. The van der Waals surface area contributed by atoms with Crippen molar-refractivity contribution in [3.05, 3.63) is 35.9 Å². The Bertz CT molecular complexity index is 416. The number of rotatable bonds is 5. The molecule has 0 heterocycles. The normalized spacial score (nSPS) is 10.8. The number of carbonyl (C=O) groups is 2. The van der Waals surface area contributed by atoms with Crippen LogP contribution in [-0.4, -0.2) is 30.4 Å². The number of nitrogens with two attached hydrogens (primary N) is 1. The maximum atomic E-state index is 11.7. The van der Waals surface area contributed by atoms with Gasteiger partial charge in [0.1, 0.15) is 0 Å². The van der Waals surface area contributed by atoms with Crippen molar-refractivity contribution in [2.45, 2.75) is 19.4 Å². The zero-order valence-electron chi connectivity index (χ0n) is 10.7. The first-order chi connectivity index (χ1) is 8.44. The molecular formula is C13H19N3O2. The maximum Gasteiger partial charge on any atom is 0.251 e. The van der Waals surface area contributed by atoms with Gasteiger partial charge in [0.25, 0.3) is 5.91 Å². The highest BCUT2D eigenvalue weighted by Gasteiger charge is 2.18. The number of hydrogen-bond acceptors (Lipinski definition) is 3. The van der Waals surface area contributed by atoms with Crippen LogP contribution in [0.15, 0.2) is 30.3 Å². The summed E-state index contributed by atoms with van der Waals surface area (Å²) in [6.45, 7) is 3.93. The SMILES string of the molecule is CC(C)(CN)NC(=O)CNC(=O)c1ccccc1. The first-order valence-corrected chi connectivity index (χ1v) is 5.79. The van der Waals surface area contributed by atoms with Crippen LogP contribution in [0.25, 0.3) is 0 Å². The highest BCUT2D eigenvalue weighted by atomic mass is 16.2. The van der Waals surface area contributed by atoms with Crippen LogP contribution in [0.4, 0.5) is 0 Å². The smallest absolute Gasteiger partial charge is 0.251 e. The Morgan fingerprint density at radius 3 is 2.39 bits per heavy atom. The third-order valence-corrected chi connectivity index (χ3v) is 2.43. The van der Waals surface area contributed by atoms with Crippen LogP contribution in [-0.2, 0) is 4.79 Å². The van der Waals surface area contributed by atoms with E-state index >= 15 is 0 Å². The average Bonchev–Trinajstić information content (AvgIpc) is 2.36. The van der Waals surface area contributed by atoms with Gasteiger partial charge in [-0.1, -0.05) is 18.2 Å². The zero-order chi connectivity index (χ0) is 13.6. The molecule has 0 fully saturated rings. The summed E-state index contributed by atoms with van der Waals surface area (Å²) in [7, 11) is 0. The van der Waals surface area contributed by atoms with Crippen molar-refractivity contribution in [2.75, 3.05) is 13.1 Å². The summed E-state index contributed by atoms with van der Waals surface area (Å²) in [6, 6.07) is 8.75. The monoisotopic (exact) mass is 249 g/mol. The maximum absolute atomic E-state index is 11.7. The summed E-state index contributed by atoms with van der Waals surface area (Å²) in [5.74, 6) is -0.522.